The largest absolute Gasteiger partial charge is 0.308 e. The van der Waals surface area contributed by atoms with Gasteiger partial charge in [-0.25, -0.2) is 0 Å². The minimum Gasteiger partial charge on any atom is -0.308 e. The minimum atomic E-state index is 0.461. The quantitative estimate of drug-likeness (QED) is 0.732. The van der Waals surface area contributed by atoms with Gasteiger partial charge in [0.1, 0.15) is 0 Å². The minimum absolute atomic E-state index is 0.461. The lowest BCUT2D eigenvalue weighted by molar-refractivity contribution is 0.509. The fraction of sp³-hybridized carbons (Fsp3) is 0.500. The summed E-state index contributed by atoms with van der Waals surface area (Å²) < 4.78 is 0. The fourth-order valence-electron chi connectivity index (χ4n) is 1.33. The Kier molecular flexibility index (Phi) is 4.72. The summed E-state index contributed by atoms with van der Waals surface area (Å²) in [6.07, 6.45) is 7.20. The lowest BCUT2D eigenvalue weighted by Gasteiger charge is -2.12. The Morgan fingerprint density at radius 2 is 2.36 bits per heavy atom. The summed E-state index contributed by atoms with van der Waals surface area (Å²) in [5.74, 6) is 2.70. The Morgan fingerprint density at radius 3 is 2.86 bits per heavy atom. The zero-order valence-electron chi connectivity index (χ0n) is 8.84. The molecule has 1 nitrogen and oxygen atoms in total. The van der Waals surface area contributed by atoms with Crippen LogP contribution in [0.3, 0.4) is 0 Å². The molecule has 76 valence electrons. The van der Waals surface area contributed by atoms with Gasteiger partial charge in [0.05, 0.1) is 0 Å². The van der Waals surface area contributed by atoms with Crippen LogP contribution >= 0.6 is 11.3 Å². The van der Waals surface area contributed by atoms with Gasteiger partial charge in [-0.05, 0) is 25.5 Å². The molecule has 1 heterocycles. The summed E-state index contributed by atoms with van der Waals surface area (Å²) in [7, 11) is 0. The Hall–Kier alpha value is -0.780. The maximum Gasteiger partial charge on any atom is 0.0302 e. The van der Waals surface area contributed by atoms with Gasteiger partial charge in [0, 0.05) is 28.8 Å². The molecule has 2 heteroatoms. The lowest BCUT2D eigenvalue weighted by Crippen LogP contribution is -2.26. The van der Waals surface area contributed by atoms with Crippen molar-refractivity contribution in [3.63, 3.8) is 0 Å². The zero-order chi connectivity index (χ0) is 10.4. The molecule has 0 aromatic carbocycles. The number of aryl methyl sites for hydroxylation is 1. The first-order chi connectivity index (χ1) is 6.76. The smallest absolute Gasteiger partial charge is 0.0302 e. The molecule has 0 radical (unpaired) electrons. The van der Waals surface area contributed by atoms with E-state index >= 15 is 0 Å². The van der Waals surface area contributed by atoms with Crippen LogP contribution < -0.4 is 5.32 Å². The third kappa shape index (κ3) is 3.53. The lowest BCUT2D eigenvalue weighted by atomic mass is 10.1. The maximum atomic E-state index is 5.29. The van der Waals surface area contributed by atoms with Gasteiger partial charge in [0.25, 0.3) is 0 Å². The van der Waals surface area contributed by atoms with Crippen LogP contribution in [0.15, 0.2) is 12.1 Å². The van der Waals surface area contributed by atoms with E-state index < -0.39 is 0 Å². The molecular weight excluding hydrogens is 190 g/mol. The van der Waals surface area contributed by atoms with Crippen molar-refractivity contribution in [2.45, 2.75) is 39.3 Å². The predicted octanol–water partition coefficient (Wildman–Crippen LogP) is 2.95. The van der Waals surface area contributed by atoms with Crippen molar-refractivity contribution < 1.29 is 0 Å². The summed E-state index contributed by atoms with van der Waals surface area (Å²) in [5.41, 5.74) is 0. The number of terminal acetylenes is 1. The molecule has 1 aromatic heterocycles. The third-order valence-corrected chi connectivity index (χ3v) is 3.22. The van der Waals surface area contributed by atoms with Crippen LogP contribution in [0, 0.1) is 19.3 Å². The third-order valence-electron chi connectivity index (χ3n) is 2.22. The first-order valence-corrected chi connectivity index (χ1v) is 5.80. The molecule has 0 fully saturated rings. The second-order valence-electron chi connectivity index (χ2n) is 3.41. The van der Waals surface area contributed by atoms with E-state index in [4.69, 9.17) is 6.42 Å². The van der Waals surface area contributed by atoms with Crippen molar-refractivity contribution in [3.8, 4) is 12.3 Å². The first kappa shape index (κ1) is 11.3. The number of rotatable bonds is 5. The van der Waals surface area contributed by atoms with Crippen LogP contribution in [0.5, 0.6) is 0 Å². The van der Waals surface area contributed by atoms with E-state index in [1.807, 2.05) is 11.3 Å². The van der Waals surface area contributed by atoms with E-state index in [1.165, 1.54) is 9.75 Å². The van der Waals surface area contributed by atoms with Crippen LogP contribution in [0.4, 0.5) is 0 Å². The van der Waals surface area contributed by atoms with Crippen molar-refractivity contribution in [3.05, 3.63) is 21.9 Å². The molecular formula is C12H17NS. The molecule has 1 atom stereocenters. The van der Waals surface area contributed by atoms with Gasteiger partial charge in [-0.3, -0.25) is 0 Å². The van der Waals surface area contributed by atoms with Gasteiger partial charge >= 0.3 is 0 Å². The van der Waals surface area contributed by atoms with Crippen molar-refractivity contribution >= 4 is 11.3 Å². The molecule has 1 rings (SSSR count). The van der Waals surface area contributed by atoms with E-state index in [2.05, 4.69) is 37.2 Å². The van der Waals surface area contributed by atoms with Crippen molar-refractivity contribution in [2.75, 3.05) is 0 Å². The van der Waals surface area contributed by atoms with Crippen LogP contribution in [0.1, 0.15) is 29.5 Å². The van der Waals surface area contributed by atoms with E-state index in [-0.39, 0.29) is 0 Å². The molecule has 14 heavy (non-hydrogen) atoms. The predicted molar refractivity (Wildman–Crippen MR) is 63.4 cm³/mol. The van der Waals surface area contributed by atoms with Gasteiger partial charge in [-0.15, -0.1) is 23.7 Å². The van der Waals surface area contributed by atoms with Crippen LogP contribution in [0.2, 0.25) is 0 Å². The number of hydrogen-bond acceptors (Lipinski definition) is 2. The van der Waals surface area contributed by atoms with Gasteiger partial charge in [0.2, 0.25) is 0 Å². The Labute approximate surface area is 90.5 Å². The number of nitrogens with one attached hydrogen (secondary N) is 1. The maximum absolute atomic E-state index is 5.29. The first-order valence-electron chi connectivity index (χ1n) is 4.98. The van der Waals surface area contributed by atoms with E-state index in [9.17, 15) is 0 Å². The summed E-state index contributed by atoms with van der Waals surface area (Å²) in [5, 5.41) is 3.47. The van der Waals surface area contributed by atoms with Gasteiger partial charge in [-0.2, -0.15) is 0 Å². The van der Waals surface area contributed by atoms with Gasteiger partial charge in [0.15, 0.2) is 0 Å². The van der Waals surface area contributed by atoms with E-state index in [1.54, 1.807) is 0 Å². The molecule has 0 spiro atoms. The summed E-state index contributed by atoms with van der Waals surface area (Å²) in [6.45, 7) is 5.24. The van der Waals surface area contributed by atoms with Crippen molar-refractivity contribution in [2.24, 2.45) is 0 Å². The highest BCUT2D eigenvalue weighted by Gasteiger charge is 2.04. The zero-order valence-corrected chi connectivity index (χ0v) is 9.66. The van der Waals surface area contributed by atoms with Crippen molar-refractivity contribution in [1.29, 1.82) is 0 Å². The SMILES string of the molecule is C#CCC(CC)NCc1ccc(C)s1. The summed E-state index contributed by atoms with van der Waals surface area (Å²) >= 11 is 1.84. The van der Waals surface area contributed by atoms with Crippen LogP contribution in [0.25, 0.3) is 0 Å². The summed E-state index contributed by atoms with van der Waals surface area (Å²) in [4.78, 5) is 2.75. The van der Waals surface area contributed by atoms with Gasteiger partial charge in [-0.1, -0.05) is 6.92 Å². The Bertz CT molecular complexity index is 308. The van der Waals surface area contributed by atoms with Crippen LogP contribution in [-0.2, 0) is 6.54 Å². The van der Waals surface area contributed by atoms with Crippen LogP contribution in [-0.4, -0.2) is 6.04 Å². The second kappa shape index (κ2) is 5.85. The molecule has 0 amide bonds. The number of thiophene rings is 1. The number of hydrogen-bond donors (Lipinski definition) is 1. The molecule has 1 N–H and O–H groups in total. The average molecular weight is 207 g/mol. The summed E-state index contributed by atoms with van der Waals surface area (Å²) in [6, 6.07) is 4.79. The molecule has 0 aliphatic rings. The van der Waals surface area contributed by atoms with Gasteiger partial charge < -0.3 is 5.32 Å². The molecule has 1 aromatic rings. The normalized spacial score (nSPS) is 12.4. The Morgan fingerprint density at radius 1 is 1.57 bits per heavy atom. The molecule has 0 saturated heterocycles. The average Bonchev–Trinajstić information content (AvgIpc) is 2.59. The molecule has 0 bridgehead atoms. The molecule has 0 saturated carbocycles. The van der Waals surface area contributed by atoms with E-state index in [0.29, 0.717) is 6.04 Å². The highest BCUT2D eigenvalue weighted by Crippen LogP contribution is 2.14. The highest BCUT2D eigenvalue weighted by atomic mass is 32.1. The van der Waals surface area contributed by atoms with Crippen molar-refractivity contribution in [1.82, 2.24) is 5.32 Å². The fourth-order valence-corrected chi connectivity index (χ4v) is 2.17. The second-order valence-corrected chi connectivity index (χ2v) is 4.78. The highest BCUT2D eigenvalue weighted by molar-refractivity contribution is 7.11. The Balaban J connectivity index is 2.36. The molecule has 0 aliphatic heterocycles. The topological polar surface area (TPSA) is 12.0 Å². The monoisotopic (exact) mass is 207 g/mol. The van der Waals surface area contributed by atoms with E-state index in [0.717, 1.165) is 19.4 Å². The molecule has 1 unspecified atom stereocenters. The standard InChI is InChI=1S/C12H17NS/c1-4-6-11(5-2)13-9-12-8-7-10(3)14-12/h1,7-8,11,13H,5-6,9H2,2-3H3. The molecule has 0 aliphatic carbocycles.